The van der Waals surface area contributed by atoms with E-state index in [0.29, 0.717) is 11.8 Å². The molecule has 0 aliphatic heterocycles. The number of hydrogen-bond donors (Lipinski definition) is 0. The quantitative estimate of drug-likeness (QED) is 0.440. The lowest BCUT2D eigenvalue weighted by Gasteiger charge is -1.98. The highest BCUT2D eigenvalue weighted by Gasteiger charge is 1.93. The second-order valence-corrected chi connectivity index (χ2v) is 3.36. The molecule has 0 radical (unpaired) electrons. The van der Waals surface area contributed by atoms with Crippen LogP contribution in [0.1, 0.15) is 33.6 Å². The van der Waals surface area contributed by atoms with E-state index in [1.807, 2.05) is 6.08 Å². The van der Waals surface area contributed by atoms with Gasteiger partial charge in [-0.25, -0.2) is 0 Å². The third kappa shape index (κ3) is 7.19. The van der Waals surface area contributed by atoms with Crippen molar-refractivity contribution < 1.29 is 0 Å². The van der Waals surface area contributed by atoms with Gasteiger partial charge < -0.3 is 0 Å². The van der Waals surface area contributed by atoms with Gasteiger partial charge in [0, 0.05) is 12.3 Å². The van der Waals surface area contributed by atoms with Gasteiger partial charge in [0.25, 0.3) is 0 Å². The molecule has 0 saturated heterocycles. The molecule has 0 spiro atoms. The lowest BCUT2D eigenvalue weighted by Crippen LogP contribution is -1.87. The van der Waals surface area contributed by atoms with Crippen molar-refractivity contribution >= 4 is 0 Å². The molecule has 0 bridgehead atoms. The van der Waals surface area contributed by atoms with E-state index in [9.17, 15) is 0 Å². The predicted molar refractivity (Wildman–Crippen MR) is 54.7 cm³/mol. The summed E-state index contributed by atoms with van der Waals surface area (Å²) in [5.74, 6) is 7.35. The monoisotopic (exact) mass is 162 g/mol. The number of rotatable bonds is 3. The van der Waals surface area contributed by atoms with E-state index in [1.54, 1.807) is 0 Å². The lowest BCUT2D eigenvalue weighted by molar-refractivity contribution is 0.665. The first kappa shape index (κ1) is 11.1. The molecule has 0 amide bonds. The maximum atomic E-state index is 3.54. The van der Waals surface area contributed by atoms with Crippen LogP contribution in [0.5, 0.6) is 0 Å². The molecule has 1 atom stereocenters. The summed E-state index contributed by atoms with van der Waals surface area (Å²) in [7, 11) is 0. The Bertz CT molecular complexity index is 206. The van der Waals surface area contributed by atoms with E-state index >= 15 is 0 Å². The Kier molecular flexibility index (Phi) is 6.25. The molecule has 0 saturated carbocycles. The van der Waals surface area contributed by atoms with Crippen LogP contribution in [-0.2, 0) is 0 Å². The van der Waals surface area contributed by atoms with Gasteiger partial charge >= 0.3 is 0 Å². The number of hydrogen-bond acceptors (Lipinski definition) is 0. The highest BCUT2D eigenvalue weighted by atomic mass is 14.0. The van der Waals surface area contributed by atoms with Crippen molar-refractivity contribution in [1.82, 2.24) is 0 Å². The minimum Gasteiger partial charge on any atom is -0.133 e. The van der Waals surface area contributed by atoms with Crippen molar-refractivity contribution in [3.63, 3.8) is 0 Å². The van der Waals surface area contributed by atoms with Crippen LogP contribution in [0, 0.1) is 23.7 Å². The fourth-order valence-electron chi connectivity index (χ4n) is 0.861. The van der Waals surface area contributed by atoms with Crippen LogP contribution in [0.15, 0.2) is 18.4 Å². The molecule has 0 fully saturated rings. The average Bonchev–Trinajstić information content (AvgIpc) is 1.98. The minimum atomic E-state index is 0.496. The van der Waals surface area contributed by atoms with Crippen LogP contribution < -0.4 is 0 Å². The first-order valence-electron chi connectivity index (χ1n) is 4.51. The van der Waals surface area contributed by atoms with E-state index in [2.05, 4.69) is 44.9 Å². The first-order chi connectivity index (χ1) is 5.66. The van der Waals surface area contributed by atoms with E-state index in [-0.39, 0.29) is 0 Å². The van der Waals surface area contributed by atoms with Crippen LogP contribution in [0.4, 0.5) is 0 Å². The summed E-state index contributed by atoms with van der Waals surface area (Å²) in [6.07, 6.45) is 4.09. The van der Waals surface area contributed by atoms with Crippen LogP contribution in [-0.4, -0.2) is 0 Å². The standard InChI is InChI=1S/C12H18/c1-5-8-12(4)10-7-6-9-11(2)3/h8,11-12H,1,7,10H2,2-4H3. The van der Waals surface area contributed by atoms with E-state index in [1.165, 1.54) is 0 Å². The molecule has 66 valence electrons. The van der Waals surface area contributed by atoms with Gasteiger partial charge in [0.15, 0.2) is 0 Å². The molecule has 0 aromatic carbocycles. The SMILES string of the molecule is C=C=CC(C)CCC#CC(C)C. The Balaban J connectivity index is 3.58. The van der Waals surface area contributed by atoms with Crippen LogP contribution in [0.2, 0.25) is 0 Å². The average molecular weight is 162 g/mol. The van der Waals surface area contributed by atoms with Crippen molar-refractivity contribution in [2.24, 2.45) is 11.8 Å². The number of allylic oxidation sites excluding steroid dienone is 1. The Morgan fingerprint density at radius 3 is 2.50 bits per heavy atom. The van der Waals surface area contributed by atoms with Gasteiger partial charge in [-0.15, -0.1) is 17.6 Å². The summed E-state index contributed by atoms with van der Waals surface area (Å²) in [4.78, 5) is 0. The van der Waals surface area contributed by atoms with Gasteiger partial charge in [0.2, 0.25) is 0 Å². The highest BCUT2D eigenvalue weighted by Crippen LogP contribution is 2.05. The molecule has 0 heterocycles. The summed E-state index contributed by atoms with van der Waals surface area (Å²) < 4.78 is 0. The first-order valence-corrected chi connectivity index (χ1v) is 4.51. The van der Waals surface area contributed by atoms with E-state index in [0.717, 1.165) is 12.8 Å². The summed E-state index contributed by atoms with van der Waals surface area (Å²) in [6.45, 7) is 9.92. The zero-order chi connectivity index (χ0) is 9.40. The molecule has 1 unspecified atom stereocenters. The molecule has 0 aliphatic carbocycles. The summed E-state index contributed by atoms with van der Waals surface area (Å²) in [6, 6.07) is 0. The van der Waals surface area contributed by atoms with E-state index < -0.39 is 0 Å². The summed E-state index contributed by atoms with van der Waals surface area (Å²) in [5.41, 5.74) is 2.79. The largest absolute Gasteiger partial charge is 0.133 e. The zero-order valence-corrected chi connectivity index (χ0v) is 8.35. The molecule has 0 aromatic rings. The normalized spacial score (nSPS) is 11.3. The third-order valence-electron chi connectivity index (χ3n) is 1.52. The zero-order valence-electron chi connectivity index (χ0n) is 8.35. The minimum absolute atomic E-state index is 0.496. The second kappa shape index (κ2) is 6.77. The topological polar surface area (TPSA) is 0 Å². The van der Waals surface area contributed by atoms with Gasteiger partial charge in [-0.1, -0.05) is 27.4 Å². The van der Waals surface area contributed by atoms with Crippen molar-refractivity contribution in [2.45, 2.75) is 33.6 Å². The Morgan fingerprint density at radius 2 is 2.00 bits per heavy atom. The molecule has 12 heavy (non-hydrogen) atoms. The van der Waals surface area contributed by atoms with Crippen LogP contribution in [0.25, 0.3) is 0 Å². The maximum absolute atomic E-state index is 3.54. The summed E-state index contributed by atoms with van der Waals surface area (Å²) in [5, 5.41) is 0. The molecule has 0 aliphatic rings. The molecule has 0 rings (SSSR count). The van der Waals surface area contributed by atoms with Crippen LogP contribution >= 0.6 is 0 Å². The fourth-order valence-corrected chi connectivity index (χ4v) is 0.861. The van der Waals surface area contributed by atoms with Crippen molar-refractivity contribution in [3.8, 4) is 11.8 Å². The smallest absolute Gasteiger partial charge is 0.0146 e. The molecule has 0 aromatic heterocycles. The van der Waals surface area contributed by atoms with E-state index in [4.69, 9.17) is 0 Å². The third-order valence-corrected chi connectivity index (χ3v) is 1.52. The van der Waals surface area contributed by atoms with Crippen molar-refractivity contribution in [3.05, 3.63) is 18.4 Å². The van der Waals surface area contributed by atoms with Gasteiger partial charge in [-0.05, 0) is 18.4 Å². The Labute approximate surface area is 76.4 Å². The molecular formula is C12H18. The summed E-state index contributed by atoms with van der Waals surface area (Å²) >= 11 is 0. The van der Waals surface area contributed by atoms with Gasteiger partial charge in [0.1, 0.15) is 0 Å². The fraction of sp³-hybridized carbons (Fsp3) is 0.583. The highest BCUT2D eigenvalue weighted by molar-refractivity contribution is 5.01. The van der Waals surface area contributed by atoms with Crippen molar-refractivity contribution in [2.75, 3.05) is 0 Å². The van der Waals surface area contributed by atoms with Crippen molar-refractivity contribution in [1.29, 1.82) is 0 Å². The van der Waals surface area contributed by atoms with Gasteiger partial charge in [-0.3, -0.25) is 0 Å². The molecule has 0 heteroatoms. The second-order valence-electron chi connectivity index (χ2n) is 3.36. The Hall–Kier alpha value is -0.920. The lowest BCUT2D eigenvalue weighted by atomic mass is 10.1. The van der Waals surface area contributed by atoms with Gasteiger partial charge in [0.05, 0.1) is 0 Å². The van der Waals surface area contributed by atoms with Gasteiger partial charge in [-0.2, -0.15) is 0 Å². The predicted octanol–water partition coefficient (Wildman–Crippen LogP) is 3.40. The Morgan fingerprint density at radius 1 is 1.33 bits per heavy atom. The molecular weight excluding hydrogens is 144 g/mol. The maximum Gasteiger partial charge on any atom is 0.0146 e. The molecule has 0 N–H and O–H groups in total. The molecule has 0 nitrogen and oxygen atoms in total. The van der Waals surface area contributed by atoms with Crippen LogP contribution in [0.3, 0.4) is 0 Å².